The van der Waals surface area contributed by atoms with Crippen molar-refractivity contribution in [1.82, 2.24) is 34.6 Å². The van der Waals surface area contributed by atoms with Gasteiger partial charge in [-0.05, 0) is 42.7 Å². The molecule has 2 N–H and O–H groups in total. The maximum absolute atomic E-state index is 15.3. The normalized spacial score (nSPS) is 13.3. The van der Waals surface area contributed by atoms with E-state index in [-0.39, 0.29) is 29.5 Å². The Balaban J connectivity index is 1.36. The van der Waals surface area contributed by atoms with E-state index in [2.05, 4.69) is 15.2 Å². The van der Waals surface area contributed by atoms with Crippen molar-refractivity contribution in [3.05, 3.63) is 71.9 Å². The number of aromatic nitrogens is 5. The highest BCUT2D eigenvalue weighted by Gasteiger charge is 2.36. The summed E-state index contributed by atoms with van der Waals surface area (Å²) < 4.78 is 43.3. The van der Waals surface area contributed by atoms with Crippen molar-refractivity contribution < 1.29 is 22.8 Å². The molecule has 13 heteroatoms. The number of amides is 2. The number of benzene rings is 2. The lowest BCUT2D eigenvalue weighted by Crippen LogP contribution is -2.47. The van der Waals surface area contributed by atoms with Gasteiger partial charge in [-0.1, -0.05) is 12.1 Å². The van der Waals surface area contributed by atoms with Gasteiger partial charge in [-0.2, -0.15) is 19.0 Å². The molecule has 0 saturated heterocycles. The lowest BCUT2D eigenvalue weighted by Gasteiger charge is -2.32. The highest BCUT2D eigenvalue weighted by Crippen LogP contribution is 2.33. The number of nitrogens with zero attached hydrogens (tertiary/aromatic N) is 7. The van der Waals surface area contributed by atoms with Gasteiger partial charge in [-0.15, -0.1) is 0 Å². The average Bonchev–Trinajstić information content (AvgIpc) is 3.54. The fourth-order valence-corrected chi connectivity index (χ4v) is 4.88. The number of alkyl halides is 2. The number of rotatable bonds is 6. The van der Waals surface area contributed by atoms with E-state index < -0.39 is 18.3 Å². The predicted molar refractivity (Wildman–Crippen MR) is 145 cm³/mol. The molecule has 1 aliphatic carbocycles. The molecule has 0 radical (unpaired) electrons. The fraction of sp³-hybridized carbons (Fsp3) is 0.250. The van der Waals surface area contributed by atoms with E-state index in [4.69, 9.17) is 5.73 Å². The number of anilines is 1. The minimum Gasteiger partial charge on any atom is -0.383 e. The van der Waals surface area contributed by atoms with E-state index in [0.29, 0.717) is 43.4 Å². The zero-order valence-electron chi connectivity index (χ0n) is 22.1. The topological polar surface area (TPSA) is 115 Å². The highest BCUT2D eigenvalue weighted by atomic mass is 19.3. The zero-order chi connectivity index (χ0) is 29.0. The van der Waals surface area contributed by atoms with Crippen LogP contribution in [0.2, 0.25) is 0 Å². The Labute approximate surface area is 231 Å². The highest BCUT2D eigenvalue weighted by molar-refractivity contribution is 6.10. The van der Waals surface area contributed by atoms with Crippen LogP contribution >= 0.6 is 0 Å². The second-order valence-corrected chi connectivity index (χ2v) is 10.1. The molecule has 0 atom stereocenters. The van der Waals surface area contributed by atoms with Crippen molar-refractivity contribution in [2.75, 3.05) is 12.8 Å². The quantitative estimate of drug-likeness (QED) is 0.304. The first kappa shape index (κ1) is 26.3. The van der Waals surface area contributed by atoms with Crippen molar-refractivity contribution in [3.63, 3.8) is 0 Å². The number of hydrogen-bond donors (Lipinski definition) is 1. The van der Waals surface area contributed by atoms with Crippen LogP contribution in [0.3, 0.4) is 0 Å². The van der Waals surface area contributed by atoms with Gasteiger partial charge < -0.3 is 5.73 Å². The maximum atomic E-state index is 15.3. The summed E-state index contributed by atoms with van der Waals surface area (Å²) >= 11 is 0. The van der Waals surface area contributed by atoms with Crippen LogP contribution < -0.4 is 5.73 Å². The third-order valence-corrected chi connectivity index (χ3v) is 7.30. The first-order valence-corrected chi connectivity index (χ1v) is 12.8. The van der Waals surface area contributed by atoms with Crippen molar-refractivity contribution in [2.45, 2.75) is 25.9 Å². The van der Waals surface area contributed by atoms with E-state index in [1.54, 1.807) is 42.2 Å². The number of fused-ring (bicyclic) bond motifs is 3. The standard InChI is InChI=1S/C28H25F3N8O2/c1-36-24-20-9-17(7-8-23(20)35-25(32)21(24)12-33-36)27(41)39(37(2)26(40)15-3-4-15)14-18-6-5-16(10-22(18)29)19-11-34-38(13-19)28(30)31/h5-13,15,28H,3-4,14H2,1-2H3,(H2,32,35). The Morgan fingerprint density at radius 3 is 2.54 bits per heavy atom. The number of carbonyl (C=O) groups is 2. The van der Waals surface area contributed by atoms with E-state index in [1.807, 2.05) is 0 Å². The number of pyridine rings is 1. The molecule has 0 unspecified atom stereocenters. The number of nitrogen functional groups attached to an aromatic ring is 1. The molecule has 3 aromatic heterocycles. The largest absolute Gasteiger partial charge is 0.383 e. The van der Waals surface area contributed by atoms with Crippen LogP contribution in [0.4, 0.5) is 19.0 Å². The summed E-state index contributed by atoms with van der Waals surface area (Å²) in [6.45, 7) is -3.06. The molecular weight excluding hydrogens is 537 g/mol. The van der Waals surface area contributed by atoms with Gasteiger partial charge >= 0.3 is 6.55 Å². The first-order chi connectivity index (χ1) is 19.6. The molecule has 2 aromatic carbocycles. The molecule has 1 fully saturated rings. The smallest absolute Gasteiger partial charge is 0.333 e. The molecule has 1 aliphatic rings. The van der Waals surface area contributed by atoms with Crippen LogP contribution in [-0.4, -0.2) is 53.4 Å². The molecule has 41 heavy (non-hydrogen) atoms. The third-order valence-electron chi connectivity index (χ3n) is 7.30. The minimum absolute atomic E-state index is 0.142. The average molecular weight is 563 g/mol. The van der Waals surface area contributed by atoms with Gasteiger partial charge in [-0.3, -0.25) is 19.3 Å². The van der Waals surface area contributed by atoms with Crippen molar-refractivity contribution in [2.24, 2.45) is 13.0 Å². The van der Waals surface area contributed by atoms with Crippen molar-refractivity contribution in [3.8, 4) is 11.1 Å². The molecule has 0 aliphatic heterocycles. The van der Waals surface area contributed by atoms with E-state index in [0.717, 1.165) is 19.0 Å². The molecular formula is C28H25F3N8O2. The molecule has 6 rings (SSSR count). The molecule has 210 valence electrons. The lowest BCUT2D eigenvalue weighted by atomic mass is 10.1. The third kappa shape index (κ3) is 4.72. The van der Waals surface area contributed by atoms with Crippen LogP contribution in [-0.2, 0) is 18.4 Å². The summed E-state index contributed by atoms with van der Waals surface area (Å²) in [5, 5.41) is 11.6. The maximum Gasteiger partial charge on any atom is 0.333 e. The first-order valence-electron chi connectivity index (χ1n) is 12.8. The number of halogens is 3. The van der Waals surface area contributed by atoms with E-state index >= 15 is 4.39 Å². The summed E-state index contributed by atoms with van der Waals surface area (Å²) in [6, 6.07) is 9.13. The Morgan fingerprint density at radius 1 is 1.07 bits per heavy atom. The summed E-state index contributed by atoms with van der Waals surface area (Å²) in [6.07, 6.45) is 5.40. The Kier molecular flexibility index (Phi) is 6.36. The van der Waals surface area contributed by atoms with Crippen LogP contribution in [0.1, 0.15) is 35.3 Å². The van der Waals surface area contributed by atoms with Crippen LogP contribution in [0.25, 0.3) is 32.9 Å². The zero-order valence-corrected chi connectivity index (χ0v) is 22.1. The lowest BCUT2D eigenvalue weighted by molar-refractivity contribution is -0.144. The van der Waals surface area contributed by atoms with E-state index in [1.165, 1.54) is 35.4 Å². The number of carbonyl (C=O) groups excluding carboxylic acids is 2. The summed E-state index contributed by atoms with van der Waals surface area (Å²) in [4.78, 5) is 31.4. The van der Waals surface area contributed by atoms with Gasteiger partial charge in [0, 0.05) is 48.3 Å². The second kappa shape index (κ2) is 9.91. The fourth-order valence-electron chi connectivity index (χ4n) is 4.88. The second-order valence-electron chi connectivity index (χ2n) is 10.1. The van der Waals surface area contributed by atoms with E-state index in [9.17, 15) is 18.4 Å². The summed E-state index contributed by atoms with van der Waals surface area (Å²) in [7, 11) is 3.25. The van der Waals surface area contributed by atoms with Crippen molar-refractivity contribution in [1.29, 1.82) is 0 Å². The molecule has 1 saturated carbocycles. The van der Waals surface area contributed by atoms with Gasteiger partial charge in [0.15, 0.2) is 0 Å². The molecule has 0 spiro atoms. The van der Waals surface area contributed by atoms with Crippen LogP contribution in [0.5, 0.6) is 0 Å². The predicted octanol–water partition coefficient (Wildman–Crippen LogP) is 4.53. The minimum atomic E-state index is -2.82. The molecule has 5 aromatic rings. The van der Waals surface area contributed by atoms with Gasteiger partial charge in [0.05, 0.1) is 35.4 Å². The molecule has 10 nitrogen and oxygen atoms in total. The monoisotopic (exact) mass is 562 g/mol. The summed E-state index contributed by atoms with van der Waals surface area (Å²) in [5.41, 5.74) is 8.43. The SMILES string of the molecule is CN(C(=O)C1CC1)N(Cc1ccc(-c2cnn(C(F)F)c2)cc1F)C(=O)c1ccc2nc(N)c3cnn(C)c3c2c1. The number of hydrogen-bond acceptors (Lipinski definition) is 6. The Hall–Kier alpha value is -4.94. The van der Waals surface area contributed by atoms with Crippen molar-refractivity contribution >= 4 is 39.4 Å². The summed E-state index contributed by atoms with van der Waals surface area (Å²) in [5.74, 6) is -1.29. The number of aryl methyl sites for hydroxylation is 1. The number of nitrogens with two attached hydrogens (primary N) is 1. The Morgan fingerprint density at radius 2 is 1.85 bits per heavy atom. The Bertz CT molecular complexity index is 1830. The van der Waals surface area contributed by atoms with Gasteiger partial charge in [0.2, 0.25) is 5.91 Å². The molecule has 2 amide bonds. The van der Waals surface area contributed by atoms with Crippen LogP contribution in [0.15, 0.2) is 55.0 Å². The molecule has 0 bridgehead atoms. The van der Waals surface area contributed by atoms with Crippen LogP contribution in [0, 0.1) is 11.7 Å². The van der Waals surface area contributed by atoms with Gasteiger partial charge in [0.1, 0.15) is 11.6 Å². The van der Waals surface area contributed by atoms with Gasteiger partial charge in [0.25, 0.3) is 5.91 Å². The number of hydrazine groups is 1. The van der Waals surface area contributed by atoms with Gasteiger partial charge in [-0.25, -0.2) is 19.1 Å². The molecule has 3 heterocycles.